The van der Waals surface area contributed by atoms with Crippen molar-refractivity contribution in [3.63, 3.8) is 0 Å². The molecule has 2 heterocycles. The SMILES string of the molecule is CCCCCCCCCCCCOc1cnc(-c2ccc(OC(=O)C3CCCO3)c(F)c2)nc1. The average Bonchev–Trinajstić information content (AvgIpc) is 3.39. The zero-order valence-corrected chi connectivity index (χ0v) is 20.3. The molecule has 2 aromatic rings. The average molecular weight is 473 g/mol. The molecule has 0 saturated carbocycles. The van der Waals surface area contributed by atoms with Crippen molar-refractivity contribution < 1.29 is 23.4 Å². The first kappa shape index (κ1) is 26.1. The number of carbonyl (C=O) groups excluding carboxylic acids is 1. The Morgan fingerprint density at radius 2 is 1.71 bits per heavy atom. The van der Waals surface area contributed by atoms with E-state index in [1.165, 1.54) is 63.5 Å². The zero-order valence-electron chi connectivity index (χ0n) is 20.3. The Bertz CT molecular complexity index is 869. The van der Waals surface area contributed by atoms with Gasteiger partial charge in [0.25, 0.3) is 0 Å². The molecule has 0 radical (unpaired) electrons. The highest BCUT2D eigenvalue weighted by molar-refractivity contribution is 5.77. The van der Waals surface area contributed by atoms with E-state index < -0.39 is 17.9 Å². The summed E-state index contributed by atoms with van der Waals surface area (Å²) in [5.41, 5.74) is 0.496. The molecule has 0 bridgehead atoms. The van der Waals surface area contributed by atoms with Crippen LogP contribution >= 0.6 is 0 Å². The van der Waals surface area contributed by atoms with Crippen LogP contribution in [-0.4, -0.2) is 35.3 Å². The third-order valence-corrected chi connectivity index (χ3v) is 5.99. The van der Waals surface area contributed by atoms with Gasteiger partial charge in [-0.05, 0) is 37.5 Å². The maximum atomic E-state index is 14.5. The summed E-state index contributed by atoms with van der Waals surface area (Å²) in [5.74, 6) is -0.358. The van der Waals surface area contributed by atoms with Crippen LogP contribution in [0.1, 0.15) is 84.0 Å². The number of esters is 1. The maximum absolute atomic E-state index is 14.5. The normalized spacial score (nSPS) is 15.4. The number of hydrogen-bond donors (Lipinski definition) is 0. The fourth-order valence-electron chi connectivity index (χ4n) is 3.98. The van der Waals surface area contributed by atoms with Crippen molar-refractivity contribution in [1.82, 2.24) is 9.97 Å². The molecule has 1 unspecified atom stereocenters. The lowest BCUT2D eigenvalue weighted by molar-refractivity contribution is -0.144. The first-order chi connectivity index (χ1) is 16.7. The number of unbranched alkanes of at least 4 members (excludes halogenated alkanes) is 9. The molecule has 1 saturated heterocycles. The summed E-state index contributed by atoms with van der Waals surface area (Å²) < 4.78 is 30.6. The van der Waals surface area contributed by atoms with E-state index >= 15 is 0 Å². The van der Waals surface area contributed by atoms with E-state index in [1.807, 2.05) is 0 Å². The van der Waals surface area contributed by atoms with Gasteiger partial charge in [-0.3, -0.25) is 0 Å². The van der Waals surface area contributed by atoms with Crippen LogP contribution in [0.15, 0.2) is 30.6 Å². The molecule has 0 N–H and O–H groups in total. The highest BCUT2D eigenvalue weighted by Gasteiger charge is 2.26. The number of halogens is 1. The molecule has 0 amide bonds. The van der Waals surface area contributed by atoms with Gasteiger partial charge in [0.05, 0.1) is 19.0 Å². The van der Waals surface area contributed by atoms with Gasteiger partial charge in [0, 0.05) is 12.2 Å². The van der Waals surface area contributed by atoms with Crippen molar-refractivity contribution in [2.45, 2.75) is 90.1 Å². The number of rotatable bonds is 15. The highest BCUT2D eigenvalue weighted by atomic mass is 19.1. The molecule has 1 aliphatic heterocycles. The molecule has 34 heavy (non-hydrogen) atoms. The van der Waals surface area contributed by atoms with Crippen molar-refractivity contribution in [3.8, 4) is 22.9 Å². The van der Waals surface area contributed by atoms with Gasteiger partial charge in [-0.25, -0.2) is 19.2 Å². The Kier molecular flexibility index (Phi) is 11.2. The van der Waals surface area contributed by atoms with E-state index in [2.05, 4.69) is 16.9 Å². The van der Waals surface area contributed by atoms with Gasteiger partial charge in [-0.2, -0.15) is 0 Å². The number of aromatic nitrogens is 2. The minimum absolute atomic E-state index is 0.124. The van der Waals surface area contributed by atoms with Gasteiger partial charge in [0.15, 0.2) is 29.2 Å². The number of nitrogens with zero attached hydrogens (tertiary/aromatic N) is 2. The number of benzene rings is 1. The Morgan fingerprint density at radius 3 is 2.32 bits per heavy atom. The molecule has 1 aliphatic rings. The Morgan fingerprint density at radius 1 is 1.03 bits per heavy atom. The minimum atomic E-state index is -0.645. The van der Waals surface area contributed by atoms with Crippen LogP contribution in [0.4, 0.5) is 4.39 Å². The minimum Gasteiger partial charge on any atom is -0.490 e. The fourth-order valence-corrected chi connectivity index (χ4v) is 3.98. The summed E-state index contributed by atoms with van der Waals surface area (Å²) >= 11 is 0. The molecule has 0 aliphatic carbocycles. The Labute approximate surface area is 202 Å². The number of carbonyl (C=O) groups is 1. The van der Waals surface area contributed by atoms with Gasteiger partial charge in [0.1, 0.15) is 0 Å². The molecular formula is C27H37FN2O4. The number of hydrogen-bond acceptors (Lipinski definition) is 6. The third kappa shape index (κ3) is 8.67. The van der Waals surface area contributed by atoms with Crippen molar-refractivity contribution in [2.75, 3.05) is 13.2 Å². The third-order valence-electron chi connectivity index (χ3n) is 5.99. The maximum Gasteiger partial charge on any atom is 0.340 e. The van der Waals surface area contributed by atoms with E-state index in [4.69, 9.17) is 14.2 Å². The van der Waals surface area contributed by atoms with Crippen LogP contribution in [0.3, 0.4) is 0 Å². The topological polar surface area (TPSA) is 70.5 Å². The fraction of sp³-hybridized carbons (Fsp3) is 0.593. The van der Waals surface area contributed by atoms with E-state index in [0.29, 0.717) is 36.8 Å². The van der Waals surface area contributed by atoms with Gasteiger partial charge < -0.3 is 14.2 Å². The summed E-state index contributed by atoms with van der Waals surface area (Å²) in [7, 11) is 0. The summed E-state index contributed by atoms with van der Waals surface area (Å²) in [4.78, 5) is 20.6. The largest absolute Gasteiger partial charge is 0.490 e. The standard InChI is InChI=1S/C27H37FN2O4/c1-2-3-4-5-6-7-8-9-10-11-16-32-22-19-29-26(30-20-22)21-14-15-24(23(28)18-21)34-27(31)25-13-12-17-33-25/h14-15,18-20,25H,2-13,16-17H2,1H3. The van der Waals surface area contributed by atoms with Crippen LogP contribution < -0.4 is 9.47 Å². The van der Waals surface area contributed by atoms with Gasteiger partial charge in [-0.1, -0.05) is 64.7 Å². The Hall–Kier alpha value is -2.54. The molecule has 1 aromatic carbocycles. The molecule has 186 valence electrons. The second-order valence-electron chi connectivity index (χ2n) is 8.84. The van der Waals surface area contributed by atoms with Crippen LogP contribution in [0, 0.1) is 5.82 Å². The summed E-state index contributed by atoms with van der Waals surface area (Å²) in [6.45, 7) is 3.41. The molecule has 7 heteroatoms. The second-order valence-corrected chi connectivity index (χ2v) is 8.84. The molecule has 0 spiro atoms. The Balaban J connectivity index is 1.35. The predicted octanol–water partition coefficient (Wildman–Crippen LogP) is 6.67. The van der Waals surface area contributed by atoms with Crippen molar-refractivity contribution in [2.24, 2.45) is 0 Å². The van der Waals surface area contributed by atoms with Gasteiger partial charge in [-0.15, -0.1) is 0 Å². The monoisotopic (exact) mass is 472 g/mol. The van der Waals surface area contributed by atoms with Crippen molar-refractivity contribution in [1.29, 1.82) is 0 Å². The molecule has 3 rings (SSSR count). The summed E-state index contributed by atoms with van der Waals surface area (Å²) in [5, 5.41) is 0. The van der Waals surface area contributed by atoms with Gasteiger partial charge in [0.2, 0.25) is 0 Å². The first-order valence-electron chi connectivity index (χ1n) is 12.8. The van der Waals surface area contributed by atoms with E-state index in [-0.39, 0.29) is 5.75 Å². The molecule has 1 aromatic heterocycles. The molecule has 1 fully saturated rings. The lowest BCUT2D eigenvalue weighted by Crippen LogP contribution is -2.25. The lowest BCUT2D eigenvalue weighted by Gasteiger charge is -2.10. The smallest absolute Gasteiger partial charge is 0.340 e. The zero-order chi connectivity index (χ0) is 24.0. The van der Waals surface area contributed by atoms with Crippen LogP contribution in [0.5, 0.6) is 11.5 Å². The summed E-state index contributed by atoms with van der Waals surface area (Å²) in [6.07, 6.45) is 16.8. The van der Waals surface area contributed by atoms with E-state index in [9.17, 15) is 9.18 Å². The van der Waals surface area contributed by atoms with Crippen LogP contribution in [0.2, 0.25) is 0 Å². The molecule has 6 nitrogen and oxygen atoms in total. The van der Waals surface area contributed by atoms with Gasteiger partial charge >= 0.3 is 5.97 Å². The van der Waals surface area contributed by atoms with E-state index in [1.54, 1.807) is 18.5 Å². The van der Waals surface area contributed by atoms with Crippen LogP contribution in [0.25, 0.3) is 11.4 Å². The molecule has 1 atom stereocenters. The molecular weight excluding hydrogens is 435 g/mol. The quantitative estimate of drug-likeness (QED) is 0.164. The number of ether oxygens (including phenoxy) is 3. The predicted molar refractivity (Wildman–Crippen MR) is 129 cm³/mol. The highest BCUT2D eigenvalue weighted by Crippen LogP contribution is 2.25. The van der Waals surface area contributed by atoms with Crippen molar-refractivity contribution in [3.05, 3.63) is 36.4 Å². The summed E-state index contributed by atoms with van der Waals surface area (Å²) in [6, 6.07) is 4.30. The van der Waals surface area contributed by atoms with E-state index in [0.717, 1.165) is 19.3 Å². The van der Waals surface area contributed by atoms with Crippen molar-refractivity contribution >= 4 is 5.97 Å². The van der Waals surface area contributed by atoms with Crippen LogP contribution in [-0.2, 0) is 9.53 Å². The second kappa shape index (κ2) is 14.7. The lowest BCUT2D eigenvalue weighted by atomic mass is 10.1. The first-order valence-corrected chi connectivity index (χ1v) is 12.8.